The summed E-state index contributed by atoms with van der Waals surface area (Å²) in [4.78, 5) is 11.9. The maximum atomic E-state index is 12.4. The SMILES string of the molecule is Cn1cccc1C(O)CCNC(=O)c1ccc(C(F)(F)F)cc1. The van der Waals surface area contributed by atoms with Gasteiger partial charge in [-0.25, -0.2) is 0 Å². The zero-order valence-corrected chi connectivity index (χ0v) is 12.5. The summed E-state index contributed by atoms with van der Waals surface area (Å²) in [7, 11) is 1.80. The Hall–Kier alpha value is -2.28. The molecule has 0 saturated carbocycles. The molecule has 23 heavy (non-hydrogen) atoms. The maximum absolute atomic E-state index is 12.4. The Labute approximate surface area is 131 Å². The number of nitrogens with one attached hydrogen (secondary N) is 1. The smallest absolute Gasteiger partial charge is 0.387 e. The van der Waals surface area contributed by atoms with E-state index >= 15 is 0 Å². The number of aryl methyl sites for hydroxylation is 1. The van der Waals surface area contributed by atoms with Crippen molar-refractivity contribution in [3.8, 4) is 0 Å². The molecule has 1 heterocycles. The van der Waals surface area contributed by atoms with E-state index in [9.17, 15) is 23.1 Å². The fraction of sp³-hybridized carbons (Fsp3) is 0.312. The van der Waals surface area contributed by atoms with Gasteiger partial charge in [-0.2, -0.15) is 13.2 Å². The van der Waals surface area contributed by atoms with Gasteiger partial charge in [-0.1, -0.05) is 0 Å². The van der Waals surface area contributed by atoms with Gasteiger partial charge < -0.3 is 15.0 Å². The molecule has 2 N–H and O–H groups in total. The molecule has 0 aliphatic heterocycles. The first-order valence-electron chi connectivity index (χ1n) is 7.04. The Morgan fingerprint density at radius 2 is 1.91 bits per heavy atom. The Balaban J connectivity index is 1.86. The van der Waals surface area contributed by atoms with Crippen molar-refractivity contribution in [1.29, 1.82) is 0 Å². The number of benzene rings is 1. The van der Waals surface area contributed by atoms with E-state index in [0.29, 0.717) is 6.42 Å². The minimum Gasteiger partial charge on any atom is -0.387 e. The molecule has 0 radical (unpaired) electrons. The fourth-order valence-electron chi connectivity index (χ4n) is 2.20. The van der Waals surface area contributed by atoms with E-state index in [1.807, 2.05) is 0 Å². The second-order valence-electron chi connectivity index (χ2n) is 5.18. The molecule has 0 fully saturated rings. The summed E-state index contributed by atoms with van der Waals surface area (Å²) in [6.45, 7) is 0.214. The normalized spacial score (nSPS) is 12.9. The molecule has 1 unspecified atom stereocenters. The summed E-state index contributed by atoms with van der Waals surface area (Å²) in [5.74, 6) is -0.474. The minimum atomic E-state index is -4.42. The number of hydrogen-bond donors (Lipinski definition) is 2. The van der Waals surface area contributed by atoms with Gasteiger partial charge in [0.15, 0.2) is 0 Å². The highest BCUT2D eigenvalue weighted by molar-refractivity contribution is 5.94. The molecule has 0 bridgehead atoms. The third-order valence-electron chi connectivity index (χ3n) is 3.50. The zero-order chi connectivity index (χ0) is 17.0. The van der Waals surface area contributed by atoms with Crippen molar-refractivity contribution in [3.63, 3.8) is 0 Å². The molecular formula is C16H17F3N2O2. The van der Waals surface area contributed by atoms with E-state index in [2.05, 4.69) is 5.32 Å². The van der Waals surface area contributed by atoms with Crippen LogP contribution >= 0.6 is 0 Å². The number of hydrogen-bond acceptors (Lipinski definition) is 2. The van der Waals surface area contributed by atoms with Crippen LogP contribution in [0.15, 0.2) is 42.6 Å². The van der Waals surface area contributed by atoms with Crippen LogP contribution in [0, 0.1) is 0 Å². The van der Waals surface area contributed by atoms with Crippen molar-refractivity contribution >= 4 is 5.91 Å². The van der Waals surface area contributed by atoms with Crippen LogP contribution in [0.5, 0.6) is 0 Å². The van der Waals surface area contributed by atoms with Gasteiger partial charge in [0.05, 0.1) is 11.7 Å². The zero-order valence-electron chi connectivity index (χ0n) is 12.5. The van der Waals surface area contributed by atoms with Gasteiger partial charge in [-0.05, 0) is 42.8 Å². The predicted octanol–water partition coefficient (Wildman–Crippen LogP) is 2.90. The first-order chi connectivity index (χ1) is 10.8. The number of aliphatic hydroxyl groups excluding tert-OH is 1. The summed E-state index contributed by atoms with van der Waals surface area (Å²) in [6, 6.07) is 7.58. The van der Waals surface area contributed by atoms with E-state index in [1.54, 1.807) is 29.9 Å². The van der Waals surface area contributed by atoms with Crippen molar-refractivity contribution < 1.29 is 23.1 Å². The number of amides is 1. The third kappa shape index (κ3) is 4.35. The van der Waals surface area contributed by atoms with Gasteiger partial charge in [0.25, 0.3) is 5.91 Å². The van der Waals surface area contributed by atoms with Crippen molar-refractivity contribution in [1.82, 2.24) is 9.88 Å². The van der Waals surface area contributed by atoms with E-state index in [1.165, 1.54) is 0 Å². The van der Waals surface area contributed by atoms with Crippen LogP contribution in [0.25, 0.3) is 0 Å². The molecule has 1 aromatic heterocycles. The van der Waals surface area contributed by atoms with Gasteiger partial charge in [0.2, 0.25) is 0 Å². The number of alkyl halides is 3. The van der Waals surface area contributed by atoms with Crippen LogP contribution < -0.4 is 5.32 Å². The van der Waals surface area contributed by atoms with Crippen LogP contribution in [0.3, 0.4) is 0 Å². The van der Waals surface area contributed by atoms with Crippen LogP contribution in [0.4, 0.5) is 13.2 Å². The molecule has 7 heteroatoms. The van der Waals surface area contributed by atoms with Crippen LogP contribution in [0.1, 0.15) is 34.1 Å². The number of rotatable bonds is 5. The first-order valence-corrected chi connectivity index (χ1v) is 7.04. The lowest BCUT2D eigenvalue weighted by atomic mass is 10.1. The minimum absolute atomic E-state index is 0.145. The molecule has 0 aliphatic carbocycles. The van der Waals surface area contributed by atoms with E-state index in [4.69, 9.17) is 0 Å². The standard InChI is InChI=1S/C16H17F3N2O2/c1-21-10-2-3-13(21)14(22)8-9-20-15(23)11-4-6-12(7-5-11)16(17,18)19/h2-7,10,14,22H,8-9H2,1H3,(H,20,23). The number of carbonyl (C=O) groups excluding carboxylic acids is 1. The lowest BCUT2D eigenvalue weighted by Gasteiger charge is -2.13. The van der Waals surface area contributed by atoms with Crippen LogP contribution in [0.2, 0.25) is 0 Å². The molecule has 1 atom stereocenters. The van der Waals surface area contributed by atoms with Crippen LogP contribution in [-0.4, -0.2) is 22.1 Å². The van der Waals surface area contributed by atoms with Crippen molar-refractivity contribution in [2.24, 2.45) is 7.05 Å². The third-order valence-corrected chi connectivity index (χ3v) is 3.50. The molecule has 2 rings (SSSR count). The molecule has 1 amide bonds. The van der Waals surface area contributed by atoms with Crippen LogP contribution in [-0.2, 0) is 13.2 Å². The topological polar surface area (TPSA) is 54.3 Å². The van der Waals surface area contributed by atoms with Gasteiger partial charge in [0, 0.05) is 31.0 Å². The molecule has 124 valence electrons. The van der Waals surface area contributed by atoms with Gasteiger partial charge in [-0.3, -0.25) is 4.79 Å². The first kappa shape index (κ1) is 17.1. The summed E-state index contributed by atoms with van der Waals surface area (Å²) < 4.78 is 39.1. The van der Waals surface area contributed by atoms with Gasteiger partial charge in [0.1, 0.15) is 0 Å². The Bertz CT molecular complexity index is 663. The summed E-state index contributed by atoms with van der Waals surface area (Å²) in [6.07, 6.45) is -3.03. The lowest BCUT2D eigenvalue weighted by molar-refractivity contribution is -0.137. The Kier molecular flexibility index (Phi) is 5.10. The van der Waals surface area contributed by atoms with E-state index in [0.717, 1.165) is 30.0 Å². The Morgan fingerprint density at radius 3 is 2.43 bits per heavy atom. The van der Waals surface area contributed by atoms with E-state index < -0.39 is 23.8 Å². The van der Waals surface area contributed by atoms with E-state index in [-0.39, 0.29) is 12.1 Å². The molecule has 2 aromatic rings. The molecule has 4 nitrogen and oxygen atoms in total. The summed E-state index contributed by atoms with van der Waals surface area (Å²) >= 11 is 0. The summed E-state index contributed by atoms with van der Waals surface area (Å²) in [5, 5.41) is 12.6. The number of nitrogens with zero attached hydrogens (tertiary/aromatic N) is 1. The highest BCUT2D eigenvalue weighted by Crippen LogP contribution is 2.29. The second-order valence-corrected chi connectivity index (χ2v) is 5.18. The monoisotopic (exact) mass is 326 g/mol. The highest BCUT2D eigenvalue weighted by Gasteiger charge is 2.30. The number of aliphatic hydroxyl groups is 1. The van der Waals surface area contributed by atoms with Crippen molar-refractivity contribution in [3.05, 3.63) is 59.4 Å². The van der Waals surface area contributed by atoms with Crippen molar-refractivity contribution in [2.75, 3.05) is 6.54 Å². The maximum Gasteiger partial charge on any atom is 0.416 e. The average molecular weight is 326 g/mol. The second kappa shape index (κ2) is 6.87. The predicted molar refractivity (Wildman–Crippen MR) is 78.8 cm³/mol. The van der Waals surface area contributed by atoms with Gasteiger partial charge >= 0.3 is 6.18 Å². The molecule has 0 saturated heterocycles. The summed E-state index contributed by atoms with van der Waals surface area (Å²) in [5.41, 5.74) is 0.0771. The number of aromatic nitrogens is 1. The number of carbonyl (C=O) groups is 1. The molecule has 0 aliphatic rings. The quantitative estimate of drug-likeness (QED) is 0.888. The molecule has 0 spiro atoms. The average Bonchev–Trinajstić information content (AvgIpc) is 2.92. The van der Waals surface area contributed by atoms with Crippen molar-refractivity contribution in [2.45, 2.75) is 18.7 Å². The number of halogens is 3. The highest BCUT2D eigenvalue weighted by atomic mass is 19.4. The lowest BCUT2D eigenvalue weighted by Crippen LogP contribution is -2.26. The molecular weight excluding hydrogens is 309 g/mol. The Morgan fingerprint density at radius 1 is 1.26 bits per heavy atom. The largest absolute Gasteiger partial charge is 0.416 e. The van der Waals surface area contributed by atoms with Gasteiger partial charge in [-0.15, -0.1) is 0 Å². The fourth-order valence-corrected chi connectivity index (χ4v) is 2.20. The molecule has 1 aromatic carbocycles.